The smallest absolute Gasteiger partial charge is 0.213 e. The van der Waals surface area contributed by atoms with Gasteiger partial charge in [-0.25, -0.2) is 19.9 Å². The lowest BCUT2D eigenvalue weighted by Crippen LogP contribution is -1.98. The summed E-state index contributed by atoms with van der Waals surface area (Å²) in [7, 11) is 0. The maximum absolute atomic E-state index is 6.41. The molecule has 0 atom stereocenters. The first-order chi connectivity index (χ1) is 16.9. The monoisotopic (exact) mass is 439 g/mol. The van der Waals surface area contributed by atoms with E-state index in [0.29, 0.717) is 11.6 Å². The number of aromatic nitrogens is 5. The Morgan fingerprint density at radius 3 is 1.85 bits per heavy atom. The molecule has 0 saturated heterocycles. The Morgan fingerprint density at radius 2 is 1.18 bits per heavy atom. The number of nitrogens with zero attached hydrogens (tertiary/aromatic N) is 5. The third kappa shape index (κ3) is 2.82. The molecule has 7 aromatic rings. The highest BCUT2D eigenvalue weighted by atomic mass is 16.3. The Morgan fingerprint density at radius 1 is 0.588 bits per heavy atom. The molecule has 4 heterocycles. The molecular formula is C28H17N5O. The third-order valence-electron chi connectivity index (χ3n) is 6.02. The molecule has 6 nitrogen and oxygen atoms in total. The van der Waals surface area contributed by atoms with Gasteiger partial charge < -0.3 is 4.42 Å². The largest absolute Gasteiger partial charge is 0.439 e. The summed E-state index contributed by atoms with van der Waals surface area (Å²) in [4.78, 5) is 17.9. The zero-order valence-corrected chi connectivity index (χ0v) is 18.0. The summed E-state index contributed by atoms with van der Waals surface area (Å²) in [6.07, 6.45) is 6.98. The van der Waals surface area contributed by atoms with Gasteiger partial charge in [0.15, 0.2) is 11.6 Å². The van der Waals surface area contributed by atoms with Gasteiger partial charge in [-0.15, -0.1) is 0 Å². The number of benzene rings is 3. The summed E-state index contributed by atoms with van der Waals surface area (Å²) in [5.74, 6) is 1.28. The van der Waals surface area contributed by atoms with Crippen molar-refractivity contribution >= 4 is 33.0 Å². The van der Waals surface area contributed by atoms with Crippen molar-refractivity contribution < 1.29 is 4.42 Å². The van der Waals surface area contributed by atoms with E-state index in [0.717, 1.165) is 49.8 Å². The second-order valence-electron chi connectivity index (χ2n) is 8.04. The molecule has 6 heteroatoms. The molecule has 0 aliphatic rings. The van der Waals surface area contributed by atoms with Gasteiger partial charge in [0.05, 0.1) is 16.6 Å². The maximum Gasteiger partial charge on any atom is 0.213 e. The van der Waals surface area contributed by atoms with Crippen molar-refractivity contribution in [2.24, 2.45) is 0 Å². The zero-order chi connectivity index (χ0) is 22.5. The number of fused-ring (bicyclic) bond motifs is 5. The van der Waals surface area contributed by atoms with Crippen molar-refractivity contribution in [3.05, 3.63) is 104 Å². The fraction of sp³-hybridized carbons (Fsp3) is 0. The minimum absolute atomic E-state index is 0.638. The standard InChI is InChI=1S/C28H17N5O/c1-3-9-23-21(7-1)25-22-8-2-4-10-24(22)34-28(25)33(23)20-16-18(26-29-11-5-12-30-26)15-19(17-20)27-31-13-6-14-32-27/h1-17H. The van der Waals surface area contributed by atoms with Gasteiger partial charge in [-0.1, -0.05) is 36.4 Å². The molecule has 0 aliphatic heterocycles. The molecule has 4 aromatic heterocycles. The predicted octanol–water partition coefficient (Wildman–Crippen LogP) is 6.44. The van der Waals surface area contributed by atoms with E-state index in [1.54, 1.807) is 24.8 Å². The van der Waals surface area contributed by atoms with Crippen molar-refractivity contribution in [3.8, 4) is 28.5 Å². The van der Waals surface area contributed by atoms with Crippen molar-refractivity contribution in [1.29, 1.82) is 0 Å². The van der Waals surface area contributed by atoms with Crippen molar-refractivity contribution in [1.82, 2.24) is 24.5 Å². The van der Waals surface area contributed by atoms with E-state index in [-0.39, 0.29) is 0 Å². The quantitative estimate of drug-likeness (QED) is 0.317. The highest BCUT2D eigenvalue weighted by molar-refractivity contribution is 6.19. The molecule has 0 saturated carbocycles. The van der Waals surface area contributed by atoms with E-state index >= 15 is 0 Å². The minimum Gasteiger partial charge on any atom is -0.439 e. The van der Waals surface area contributed by atoms with Gasteiger partial charge in [0.2, 0.25) is 5.71 Å². The van der Waals surface area contributed by atoms with Crippen LogP contribution in [0.25, 0.3) is 61.4 Å². The maximum atomic E-state index is 6.41. The van der Waals surface area contributed by atoms with Crippen LogP contribution >= 0.6 is 0 Å². The zero-order valence-electron chi connectivity index (χ0n) is 18.0. The number of hydrogen-bond acceptors (Lipinski definition) is 5. The summed E-state index contributed by atoms with van der Waals surface area (Å²) in [6.45, 7) is 0. The molecular weight excluding hydrogens is 422 g/mol. The van der Waals surface area contributed by atoms with Crippen molar-refractivity contribution in [3.63, 3.8) is 0 Å². The number of para-hydroxylation sites is 2. The van der Waals surface area contributed by atoms with Crippen LogP contribution in [0.1, 0.15) is 0 Å². The Hall–Kier alpha value is -4.84. The number of rotatable bonds is 3. The van der Waals surface area contributed by atoms with E-state index in [1.807, 2.05) is 42.5 Å². The average Bonchev–Trinajstić information content (AvgIpc) is 3.44. The van der Waals surface area contributed by atoms with E-state index in [1.165, 1.54) is 0 Å². The van der Waals surface area contributed by atoms with Crippen LogP contribution in [0.2, 0.25) is 0 Å². The molecule has 0 amide bonds. The van der Waals surface area contributed by atoms with Crippen LogP contribution in [-0.4, -0.2) is 24.5 Å². The lowest BCUT2D eigenvalue weighted by Gasteiger charge is -2.11. The van der Waals surface area contributed by atoms with Crippen molar-refractivity contribution in [2.45, 2.75) is 0 Å². The number of hydrogen-bond donors (Lipinski definition) is 0. The molecule has 0 spiro atoms. The summed E-state index contributed by atoms with van der Waals surface area (Å²) >= 11 is 0. The second kappa shape index (κ2) is 7.35. The van der Waals surface area contributed by atoms with Gasteiger partial charge in [-0.3, -0.25) is 4.57 Å². The van der Waals surface area contributed by atoms with E-state index < -0.39 is 0 Å². The van der Waals surface area contributed by atoms with E-state index in [2.05, 4.69) is 60.9 Å². The molecule has 3 aromatic carbocycles. The molecule has 0 aliphatic carbocycles. The van der Waals surface area contributed by atoms with Crippen LogP contribution in [0.3, 0.4) is 0 Å². The summed E-state index contributed by atoms with van der Waals surface area (Å²) < 4.78 is 8.57. The van der Waals surface area contributed by atoms with E-state index in [9.17, 15) is 0 Å². The van der Waals surface area contributed by atoms with Gasteiger partial charge in [0.25, 0.3) is 0 Å². The Balaban J connectivity index is 1.59. The predicted molar refractivity (Wildman–Crippen MR) is 133 cm³/mol. The van der Waals surface area contributed by atoms with Gasteiger partial charge >= 0.3 is 0 Å². The lowest BCUT2D eigenvalue weighted by molar-refractivity contribution is 0.645. The summed E-state index contributed by atoms with van der Waals surface area (Å²) in [5, 5.41) is 3.34. The van der Waals surface area contributed by atoms with Gasteiger partial charge in [-0.2, -0.15) is 0 Å². The van der Waals surface area contributed by atoms with Crippen molar-refractivity contribution in [2.75, 3.05) is 0 Å². The molecule has 0 bridgehead atoms. The average molecular weight is 439 g/mol. The fourth-order valence-electron chi connectivity index (χ4n) is 4.59. The summed E-state index contributed by atoms with van der Waals surface area (Å²) in [5.41, 5.74) is 5.41. The Kier molecular flexibility index (Phi) is 4.04. The van der Waals surface area contributed by atoms with Gasteiger partial charge in [0, 0.05) is 46.7 Å². The fourth-order valence-corrected chi connectivity index (χ4v) is 4.59. The van der Waals surface area contributed by atoms with E-state index in [4.69, 9.17) is 4.42 Å². The second-order valence-corrected chi connectivity index (χ2v) is 8.04. The first-order valence-corrected chi connectivity index (χ1v) is 11.0. The number of furan rings is 1. The van der Waals surface area contributed by atoms with Gasteiger partial charge in [0.1, 0.15) is 5.58 Å². The highest BCUT2D eigenvalue weighted by Gasteiger charge is 2.20. The van der Waals surface area contributed by atoms with Crippen LogP contribution in [0.15, 0.2) is 108 Å². The molecule has 0 unspecified atom stereocenters. The van der Waals surface area contributed by atoms with Crippen LogP contribution in [0.4, 0.5) is 0 Å². The van der Waals surface area contributed by atoms with Crippen LogP contribution in [0.5, 0.6) is 0 Å². The topological polar surface area (TPSA) is 69.6 Å². The highest BCUT2D eigenvalue weighted by Crippen LogP contribution is 2.39. The van der Waals surface area contributed by atoms with Crippen LogP contribution in [-0.2, 0) is 0 Å². The molecule has 160 valence electrons. The Labute approximate surface area is 194 Å². The minimum atomic E-state index is 0.638. The van der Waals surface area contributed by atoms with Crippen LogP contribution < -0.4 is 0 Å². The van der Waals surface area contributed by atoms with Gasteiger partial charge in [-0.05, 0) is 42.5 Å². The SMILES string of the molecule is c1cnc(-c2cc(-c3ncccn3)cc(-n3c4ccccc4c4c5ccccc5oc43)c2)nc1. The first-order valence-electron chi connectivity index (χ1n) is 11.0. The lowest BCUT2D eigenvalue weighted by atomic mass is 10.1. The summed E-state index contributed by atoms with van der Waals surface area (Å²) in [6, 6.07) is 26.3. The first kappa shape index (κ1) is 18.7. The molecule has 0 radical (unpaired) electrons. The molecule has 7 rings (SSSR count). The Bertz CT molecular complexity index is 1750. The molecule has 0 N–H and O–H groups in total. The third-order valence-corrected chi connectivity index (χ3v) is 6.02. The van der Waals surface area contributed by atoms with Crippen LogP contribution in [0, 0.1) is 0 Å². The molecule has 34 heavy (non-hydrogen) atoms. The normalized spacial score (nSPS) is 11.5. The molecule has 0 fully saturated rings.